The molecule has 0 aromatic rings. The first kappa shape index (κ1) is 17.9. The van der Waals surface area contributed by atoms with Crippen molar-refractivity contribution in [2.45, 2.75) is 52.5 Å². The van der Waals surface area contributed by atoms with E-state index in [1.165, 1.54) is 0 Å². The number of sulfone groups is 1. The Morgan fingerprint density at radius 1 is 1.35 bits per heavy atom. The molecular weight excluding hydrogens is 274 g/mol. The Balaban J connectivity index is 2.50. The molecule has 1 aliphatic rings. The van der Waals surface area contributed by atoms with E-state index in [0.717, 1.165) is 39.0 Å². The van der Waals surface area contributed by atoms with Gasteiger partial charge in [-0.1, -0.05) is 0 Å². The number of ether oxygens (including phenoxy) is 1. The molecular formula is C15H31NO3S. The van der Waals surface area contributed by atoms with E-state index >= 15 is 0 Å². The summed E-state index contributed by atoms with van der Waals surface area (Å²) in [6.07, 6.45) is 2.89. The molecule has 0 radical (unpaired) electrons. The lowest BCUT2D eigenvalue weighted by Crippen LogP contribution is -2.41. The molecule has 1 rings (SSSR count). The van der Waals surface area contributed by atoms with Crippen molar-refractivity contribution in [2.75, 3.05) is 31.3 Å². The van der Waals surface area contributed by atoms with Crippen molar-refractivity contribution in [3.8, 4) is 0 Å². The van der Waals surface area contributed by atoms with Crippen LogP contribution in [0, 0.1) is 11.8 Å². The molecule has 2 unspecified atom stereocenters. The Hall–Kier alpha value is -0.130. The van der Waals surface area contributed by atoms with Crippen LogP contribution in [0.4, 0.5) is 0 Å². The van der Waals surface area contributed by atoms with Crippen LogP contribution >= 0.6 is 0 Å². The van der Waals surface area contributed by atoms with Gasteiger partial charge in [0.2, 0.25) is 0 Å². The molecule has 1 heterocycles. The molecule has 20 heavy (non-hydrogen) atoms. The summed E-state index contributed by atoms with van der Waals surface area (Å²) in [6, 6.07) is 0. The summed E-state index contributed by atoms with van der Waals surface area (Å²) >= 11 is 0. The van der Waals surface area contributed by atoms with Gasteiger partial charge in [0.15, 0.2) is 9.84 Å². The lowest BCUT2D eigenvalue weighted by Gasteiger charge is -2.28. The van der Waals surface area contributed by atoms with Crippen molar-refractivity contribution in [3.05, 3.63) is 0 Å². The Labute approximate surface area is 124 Å². The maximum absolute atomic E-state index is 11.7. The van der Waals surface area contributed by atoms with Gasteiger partial charge in [-0.3, -0.25) is 0 Å². The first-order valence-electron chi connectivity index (χ1n) is 7.77. The first-order valence-corrected chi connectivity index (χ1v) is 9.59. The van der Waals surface area contributed by atoms with Crippen LogP contribution in [0.15, 0.2) is 0 Å². The highest BCUT2D eigenvalue weighted by atomic mass is 32.2. The van der Waals surface area contributed by atoms with E-state index in [-0.39, 0.29) is 5.54 Å². The fraction of sp³-hybridized carbons (Fsp3) is 1.00. The normalized spacial score (nSPS) is 23.9. The fourth-order valence-electron chi connectivity index (χ4n) is 2.73. The quantitative estimate of drug-likeness (QED) is 0.699. The molecule has 1 aliphatic heterocycles. The van der Waals surface area contributed by atoms with E-state index in [1.807, 2.05) is 6.92 Å². The van der Waals surface area contributed by atoms with E-state index in [9.17, 15) is 8.42 Å². The third-order valence-electron chi connectivity index (χ3n) is 3.90. The van der Waals surface area contributed by atoms with Crippen molar-refractivity contribution in [1.29, 1.82) is 0 Å². The Morgan fingerprint density at radius 2 is 2.05 bits per heavy atom. The SMILES string of the molecule is CCOCCCC(CNC(C)(C)C)C1CCS(=O)(=O)C1. The minimum Gasteiger partial charge on any atom is -0.382 e. The van der Waals surface area contributed by atoms with Crippen LogP contribution in [-0.4, -0.2) is 45.2 Å². The first-order chi connectivity index (χ1) is 9.23. The van der Waals surface area contributed by atoms with Crippen LogP contribution in [0.5, 0.6) is 0 Å². The Morgan fingerprint density at radius 3 is 2.55 bits per heavy atom. The smallest absolute Gasteiger partial charge is 0.150 e. The van der Waals surface area contributed by atoms with E-state index < -0.39 is 9.84 Å². The molecule has 1 saturated heterocycles. The molecule has 120 valence electrons. The number of hydrogen-bond donors (Lipinski definition) is 1. The number of hydrogen-bond acceptors (Lipinski definition) is 4. The van der Waals surface area contributed by atoms with Gasteiger partial charge in [0.25, 0.3) is 0 Å². The summed E-state index contributed by atoms with van der Waals surface area (Å²) < 4.78 is 28.7. The van der Waals surface area contributed by atoms with Crippen molar-refractivity contribution in [3.63, 3.8) is 0 Å². The van der Waals surface area contributed by atoms with Crippen molar-refractivity contribution in [2.24, 2.45) is 11.8 Å². The predicted molar refractivity (Wildman–Crippen MR) is 83.7 cm³/mol. The predicted octanol–water partition coefficient (Wildman–Crippen LogP) is 2.24. The van der Waals surface area contributed by atoms with Gasteiger partial charge in [-0.05, 0) is 65.3 Å². The van der Waals surface area contributed by atoms with Crippen LogP contribution < -0.4 is 5.32 Å². The van der Waals surface area contributed by atoms with Gasteiger partial charge in [0.05, 0.1) is 11.5 Å². The molecule has 1 N–H and O–H groups in total. The molecule has 5 heteroatoms. The summed E-state index contributed by atoms with van der Waals surface area (Å²) in [6.45, 7) is 10.9. The third kappa shape index (κ3) is 7.04. The van der Waals surface area contributed by atoms with Crippen LogP contribution in [0.1, 0.15) is 47.0 Å². The minimum atomic E-state index is -2.79. The zero-order chi connectivity index (χ0) is 15.2. The molecule has 0 bridgehead atoms. The van der Waals surface area contributed by atoms with Gasteiger partial charge in [0.1, 0.15) is 0 Å². The summed E-state index contributed by atoms with van der Waals surface area (Å²) in [5.74, 6) is 1.50. The average molecular weight is 305 g/mol. The summed E-state index contributed by atoms with van der Waals surface area (Å²) in [5.41, 5.74) is 0.0790. The molecule has 4 nitrogen and oxygen atoms in total. The summed E-state index contributed by atoms with van der Waals surface area (Å²) in [7, 11) is -2.79. The summed E-state index contributed by atoms with van der Waals surface area (Å²) in [4.78, 5) is 0. The maximum atomic E-state index is 11.7. The lowest BCUT2D eigenvalue weighted by atomic mass is 9.87. The molecule has 0 amide bonds. The van der Waals surface area contributed by atoms with E-state index in [1.54, 1.807) is 0 Å². The Kier molecular flexibility index (Phi) is 6.95. The van der Waals surface area contributed by atoms with Gasteiger partial charge in [-0.15, -0.1) is 0 Å². The van der Waals surface area contributed by atoms with Gasteiger partial charge >= 0.3 is 0 Å². The fourth-order valence-corrected chi connectivity index (χ4v) is 4.65. The topological polar surface area (TPSA) is 55.4 Å². The number of nitrogens with one attached hydrogen (secondary N) is 1. The highest BCUT2D eigenvalue weighted by Crippen LogP contribution is 2.29. The van der Waals surface area contributed by atoms with Crippen molar-refractivity contribution < 1.29 is 13.2 Å². The van der Waals surface area contributed by atoms with E-state index in [2.05, 4.69) is 26.1 Å². The average Bonchev–Trinajstić information content (AvgIpc) is 2.67. The van der Waals surface area contributed by atoms with E-state index in [4.69, 9.17) is 4.74 Å². The minimum absolute atomic E-state index is 0.0790. The third-order valence-corrected chi connectivity index (χ3v) is 5.69. The Bertz CT molecular complexity index is 373. The van der Waals surface area contributed by atoms with E-state index in [0.29, 0.717) is 23.3 Å². The van der Waals surface area contributed by atoms with Crippen molar-refractivity contribution >= 4 is 9.84 Å². The van der Waals surface area contributed by atoms with Crippen LogP contribution in [-0.2, 0) is 14.6 Å². The highest BCUT2D eigenvalue weighted by Gasteiger charge is 2.33. The van der Waals surface area contributed by atoms with Crippen LogP contribution in [0.3, 0.4) is 0 Å². The zero-order valence-electron chi connectivity index (χ0n) is 13.4. The molecule has 1 fully saturated rings. The lowest BCUT2D eigenvalue weighted by molar-refractivity contribution is 0.135. The summed E-state index contributed by atoms with van der Waals surface area (Å²) in [5, 5.41) is 3.53. The zero-order valence-corrected chi connectivity index (χ0v) is 14.3. The van der Waals surface area contributed by atoms with Gasteiger partial charge in [0, 0.05) is 18.8 Å². The molecule has 2 atom stereocenters. The largest absolute Gasteiger partial charge is 0.382 e. The monoisotopic (exact) mass is 305 g/mol. The van der Waals surface area contributed by atoms with Crippen molar-refractivity contribution in [1.82, 2.24) is 5.32 Å². The van der Waals surface area contributed by atoms with Gasteiger partial charge in [-0.2, -0.15) is 0 Å². The van der Waals surface area contributed by atoms with Crippen LogP contribution in [0.25, 0.3) is 0 Å². The standard InChI is InChI=1S/C15H31NO3S/c1-5-19-9-6-7-13(11-16-15(2,3)4)14-8-10-20(17,18)12-14/h13-14,16H,5-12H2,1-4H3. The molecule has 0 aliphatic carbocycles. The second kappa shape index (κ2) is 7.76. The highest BCUT2D eigenvalue weighted by molar-refractivity contribution is 7.91. The van der Waals surface area contributed by atoms with Gasteiger partial charge in [-0.25, -0.2) is 8.42 Å². The molecule has 0 aromatic carbocycles. The van der Waals surface area contributed by atoms with Gasteiger partial charge < -0.3 is 10.1 Å². The molecule has 0 aromatic heterocycles. The number of rotatable bonds is 8. The molecule has 0 spiro atoms. The molecule has 0 saturated carbocycles. The second-order valence-corrected chi connectivity index (χ2v) is 9.12. The second-order valence-electron chi connectivity index (χ2n) is 6.89. The van der Waals surface area contributed by atoms with Crippen LogP contribution in [0.2, 0.25) is 0 Å². The maximum Gasteiger partial charge on any atom is 0.150 e.